The van der Waals surface area contributed by atoms with Gasteiger partial charge in [0.05, 0.1) is 22.2 Å². The first-order chi connectivity index (χ1) is 18.5. The topological polar surface area (TPSA) is 109 Å². The van der Waals surface area contributed by atoms with Crippen molar-refractivity contribution in [2.24, 2.45) is 0 Å². The van der Waals surface area contributed by atoms with Crippen molar-refractivity contribution >= 4 is 22.8 Å². The molecule has 3 aromatic carbocycles. The van der Waals surface area contributed by atoms with Crippen molar-refractivity contribution in [2.45, 2.75) is 24.9 Å². The van der Waals surface area contributed by atoms with Gasteiger partial charge in [-0.05, 0) is 66.9 Å². The van der Waals surface area contributed by atoms with E-state index in [1.165, 1.54) is 30.3 Å². The fourth-order valence-electron chi connectivity index (χ4n) is 5.27. The number of alkyl halides is 3. The molecule has 7 nitrogen and oxygen atoms in total. The number of nitrogens with zero attached hydrogens (tertiary/aromatic N) is 1. The molecule has 5 rings (SSSR count). The maximum Gasteiger partial charge on any atom is 0.417 e. The average molecular weight is 543 g/mol. The van der Waals surface area contributed by atoms with E-state index >= 15 is 0 Å². The van der Waals surface area contributed by atoms with Gasteiger partial charge in [-0.25, -0.2) is 14.0 Å². The van der Waals surface area contributed by atoms with Gasteiger partial charge < -0.3 is 24.6 Å². The smallest absolute Gasteiger partial charge is 0.417 e. The van der Waals surface area contributed by atoms with Crippen molar-refractivity contribution in [3.8, 4) is 22.6 Å². The summed E-state index contributed by atoms with van der Waals surface area (Å²) in [5.74, 6) is -4.96. The van der Waals surface area contributed by atoms with Crippen molar-refractivity contribution in [1.29, 1.82) is 0 Å². The molecule has 11 heteroatoms. The van der Waals surface area contributed by atoms with Crippen LogP contribution >= 0.6 is 0 Å². The van der Waals surface area contributed by atoms with Crippen molar-refractivity contribution in [2.75, 3.05) is 13.2 Å². The SMILES string of the molecule is O=C(O)c1cc(-c2c(C3CCOCC3)n(-c3ccc(F)cc3)c3cccc(O)c23)cc(C(F)(F)F)c1C(=O)O. The van der Waals surface area contributed by atoms with Gasteiger partial charge >= 0.3 is 18.1 Å². The van der Waals surface area contributed by atoms with Crippen LogP contribution in [0.25, 0.3) is 27.7 Å². The van der Waals surface area contributed by atoms with E-state index in [9.17, 15) is 42.5 Å². The summed E-state index contributed by atoms with van der Waals surface area (Å²) in [6.07, 6.45) is -4.25. The Labute approximate surface area is 218 Å². The molecule has 1 saturated heterocycles. The molecule has 0 radical (unpaired) electrons. The van der Waals surface area contributed by atoms with Gasteiger partial charge in [0.2, 0.25) is 0 Å². The highest BCUT2D eigenvalue weighted by atomic mass is 19.4. The lowest BCUT2D eigenvalue weighted by Gasteiger charge is -2.26. The third kappa shape index (κ3) is 4.59. The second-order valence-corrected chi connectivity index (χ2v) is 9.18. The first-order valence-corrected chi connectivity index (χ1v) is 11.9. The Morgan fingerprint density at radius 3 is 2.21 bits per heavy atom. The average Bonchev–Trinajstić information content (AvgIpc) is 3.24. The van der Waals surface area contributed by atoms with Crippen LogP contribution in [0.5, 0.6) is 5.75 Å². The zero-order valence-corrected chi connectivity index (χ0v) is 20.1. The summed E-state index contributed by atoms with van der Waals surface area (Å²) in [7, 11) is 0. The van der Waals surface area contributed by atoms with Gasteiger partial charge in [-0.3, -0.25) is 0 Å². The van der Waals surface area contributed by atoms with Crippen molar-refractivity contribution in [3.05, 3.63) is 82.8 Å². The molecule has 0 saturated carbocycles. The summed E-state index contributed by atoms with van der Waals surface area (Å²) < 4.78 is 63.4. The minimum atomic E-state index is -5.19. The van der Waals surface area contributed by atoms with E-state index < -0.39 is 40.6 Å². The predicted molar refractivity (Wildman–Crippen MR) is 132 cm³/mol. The van der Waals surface area contributed by atoms with Gasteiger partial charge in [0.1, 0.15) is 11.6 Å². The molecule has 1 aliphatic heterocycles. The van der Waals surface area contributed by atoms with E-state index in [0.717, 1.165) is 6.07 Å². The van der Waals surface area contributed by atoms with Crippen molar-refractivity contribution in [3.63, 3.8) is 0 Å². The second kappa shape index (κ2) is 9.73. The van der Waals surface area contributed by atoms with Crippen molar-refractivity contribution < 1.29 is 47.2 Å². The normalized spacial score (nSPS) is 14.6. The zero-order chi connectivity index (χ0) is 28.1. The Bertz CT molecular complexity index is 1600. The summed E-state index contributed by atoms with van der Waals surface area (Å²) in [5, 5.41) is 30.4. The molecule has 2 heterocycles. The van der Waals surface area contributed by atoms with E-state index in [1.807, 2.05) is 0 Å². The highest BCUT2D eigenvalue weighted by Gasteiger charge is 2.39. The number of fused-ring (bicyclic) bond motifs is 1. The van der Waals surface area contributed by atoms with E-state index in [-0.39, 0.29) is 28.2 Å². The molecule has 4 aromatic rings. The molecule has 0 atom stereocenters. The number of aromatic hydroxyl groups is 1. The molecule has 1 aromatic heterocycles. The van der Waals surface area contributed by atoms with Crippen LogP contribution in [0.3, 0.4) is 0 Å². The van der Waals surface area contributed by atoms with Crippen LogP contribution in [0.2, 0.25) is 0 Å². The standard InChI is InChI=1S/C28H21F4NO6/c29-16-4-6-17(7-5-16)33-20-2-1-3-21(34)24(20)22(25(33)14-8-10-39-11-9-14)15-12-18(26(35)36)23(27(37)38)19(13-15)28(30,31)32/h1-7,12-14,34H,8-11H2,(H,35,36)(H,37,38). The third-order valence-corrected chi connectivity index (χ3v) is 6.88. The maximum absolute atomic E-state index is 14.1. The van der Waals surface area contributed by atoms with Gasteiger partial charge in [0, 0.05) is 41.5 Å². The number of aromatic nitrogens is 1. The number of ether oxygens (including phenoxy) is 1. The van der Waals surface area contributed by atoms with Crippen LogP contribution in [0, 0.1) is 5.82 Å². The number of rotatable bonds is 5. The molecular formula is C28H21F4NO6. The van der Waals surface area contributed by atoms with E-state index in [4.69, 9.17) is 4.74 Å². The van der Waals surface area contributed by atoms with Crippen LogP contribution in [0.1, 0.15) is 50.7 Å². The lowest BCUT2D eigenvalue weighted by molar-refractivity contribution is -0.138. The molecule has 0 aliphatic carbocycles. The van der Waals surface area contributed by atoms with E-state index in [0.29, 0.717) is 49.0 Å². The Balaban J connectivity index is 1.96. The van der Waals surface area contributed by atoms with Crippen LogP contribution in [-0.2, 0) is 10.9 Å². The minimum Gasteiger partial charge on any atom is -0.507 e. The molecule has 39 heavy (non-hydrogen) atoms. The van der Waals surface area contributed by atoms with Crippen LogP contribution in [-0.4, -0.2) is 45.0 Å². The number of halogens is 4. The second-order valence-electron chi connectivity index (χ2n) is 9.18. The first-order valence-electron chi connectivity index (χ1n) is 11.9. The molecule has 3 N–H and O–H groups in total. The maximum atomic E-state index is 14.1. The van der Waals surface area contributed by atoms with Crippen LogP contribution in [0.4, 0.5) is 17.6 Å². The molecule has 202 valence electrons. The number of phenols is 1. The summed E-state index contributed by atoms with van der Waals surface area (Å²) in [6, 6.07) is 11.5. The van der Waals surface area contributed by atoms with Gasteiger partial charge in [-0.1, -0.05) is 6.07 Å². The molecule has 0 amide bonds. The number of hydrogen-bond donors (Lipinski definition) is 3. The highest BCUT2D eigenvalue weighted by Crippen LogP contribution is 2.48. The molecule has 0 bridgehead atoms. The molecule has 0 spiro atoms. The third-order valence-electron chi connectivity index (χ3n) is 6.88. The quantitative estimate of drug-likeness (QED) is 0.250. The van der Waals surface area contributed by atoms with Gasteiger partial charge in [0.25, 0.3) is 0 Å². The summed E-state index contributed by atoms with van der Waals surface area (Å²) in [6.45, 7) is 0.709. The molecular weight excluding hydrogens is 522 g/mol. The monoisotopic (exact) mass is 543 g/mol. The van der Waals surface area contributed by atoms with Crippen molar-refractivity contribution in [1.82, 2.24) is 4.57 Å². The van der Waals surface area contributed by atoms with E-state index in [1.54, 1.807) is 16.7 Å². The molecule has 0 unspecified atom stereocenters. The lowest BCUT2D eigenvalue weighted by atomic mass is 9.87. The van der Waals surface area contributed by atoms with Crippen LogP contribution < -0.4 is 0 Å². The van der Waals surface area contributed by atoms with Gasteiger partial charge in [-0.15, -0.1) is 0 Å². The number of carbonyl (C=O) groups is 2. The number of benzene rings is 3. The van der Waals surface area contributed by atoms with E-state index in [2.05, 4.69) is 0 Å². The Kier molecular flexibility index (Phi) is 6.55. The fourth-order valence-corrected chi connectivity index (χ4v) is 5.27. The predicted octanol–water partition coefficient (Wildman–Crippen LogP) is 6.45. The summed E-state index contributed by atoms with van der Waals surface area (Å²) >= 11 is 0. The van der Waals surface area contributed by atoms with Gasteiger partial charge in [0.15, 0.2) is 0 Å². The minimum absolute atomic E-state index is 0.129. The number of aromatic carboxylic acids is 2. The highest BCUT2D eigenvalue weighted by molar-refractivity contribution is 6.07. The van der Waals surface area contributed by atoms with Crippen LogP contribution in [0.15, 0.2) is 54.6 Å². The zero-order valence-electron chi connectivity index (χ0n) is 20.1. The number of carboxylic acids is 2. The summed E-state index contributed by atoms with van der Waals surface area (Å²) in [4.78, 5) is 23.8. The number of hydrogen-bond acceptors (Lipinski definition) is 4. The summed E-state index contributed by atoms with van der Waals surface area (Å²) in [5.41, 5.74) is -2.80. The van der Waals surface area contributed by atoms with Gasteiger partial charge in [-0.2, -0.15) is 13.2 Å². The number of phenolic OH excluding ortho intramolecular Hbond substituents is 1. The Hall–Kier alpha value is -4.38. The molecule has 1 aliphatic rings. The molecule has 1 fully saturated rings. The number of carboxylic acid groups (broad SMARTS) is 2. The largest absolute Gasteiger partial charge is 0.507 e. The lowest BCUT2D eigenvalue weighted by Crippen LogP contribution is -2.19. The fraction of sp³-hybridized carbons (Fsp3) is 0.214. The Morgan fingerprint density at radius 1 is 0.949 bits per heavy atom. The Morgan fingerprint density at radius 2 is 1.62 bits per heavy atom. The first kappa shape index (κ1) is 26.2.